The molecular formula is C34H27N3S. The molecule has 0 aliphatic carbocycles. The van der Waals surface area contributed by atoms with Crippen molar-refractivity contribution in [2.45, 2.75) is 11.6 Å². The number of anilines is 1. The standard InChI is InChI=1S/C34H27N3S/c38-32-34(28-20-10-3-11-21-28,29-22-12-4-13-23-29)36-33(35-30-24-14-5-15-25-30)37(32)31(26-16-6-1-7-17-26)27-18-8-2-9-19-27/h1-25,31H,(H,35,36). The summed E-state index contributed by atoms with van der Waals surface area (Å²) in [5.74, 6) is 0.714. The number of thiocarbonyl (C=S) groups is 1. The summed E-state index contributed by atoms with van der Waals surface area (Å²) in [5.41, 5.74) is 4.44. The Morgan fingerprint density at radius 3 is 1.39 bits per heavy atom. The van der Waals surface area contributed by atoms with Gasteiger partial charge in [-0.05, 0) is 34.4 Å². The number of guanidine groups is 1. The lowest BCUT2D eigenvalue weighted by Gasteiger charge is -2.35. The van der Waals surface area contributed by atoms with Crippen molar-refractivity contribution in [2.75, 3.05) is 5.32 Å². The Bertz CT molecular complexity index is 1460. The van der Waals surface area contributed by atoms with Crippen LogP contribution in [0, 0.1) is 0 Å². The average Bonchev–Trinajstić information content (AvgIpc) is 3.28. The van der Waals surface area contributed by atoms with E-state index in [1.54, 1.807) is 0 Å². The van der Waals surface area contributed by atoms with Crippen LogP contribution in [0.3, 0.4) is 0 Å². The fourth-order valence-corrected chi connectivity index (χ4v) is 5.65. The molecule has 0 aromatic heterocycles. The van der Waals surface area contributed by atoms with Crippen molar-refractivity contribution in [1.29, 1.82) is 0 Å². The van der Waals surface area contributed by atoms with Crippen molar-refractivity contribution < 1.29 is 0 Å². The fourth-order valence-electron chi connectivity index (χ4n) is 5.17. The molecule has 6 rings (SSSR count). The van der Waals surface area contributed by atoms with Gasteiger partial charge in [-0.2, -0.15) is 0 Å². The van der Waals surface area contributed by atoms with Crippen LogP contribution in [-0.4, -0.2) is 15.8 Å². The molecule has 3 nitrogen and oxygen atoms in total. The number of aliphatic imine (C=N–C) groups is 1. The summed E-state index contributed by atoms with van der Waals surface area (Å²) in [6.07, 6.45) is 0. The van der Waals surface area contributed by atoms with Gasteiger partial charge in [0, 0.05) is 5.69 Å². The van der Waals surface area contributed by atoms with Gasteiger partial charge in [-0.25, -0.2) is 4.99 Å². The van der Waals surface area contributed by atoms with E-state index in [1.165, 1.54) is 0 Å². The Labute approximate surface area is 229 Å². The van der Waals surface area contributed by atoms with Gasteiger partial charge in [0.15, 0.2) is 5.54 Å². The summed E-state index contributed by atoms with van der Waals surface area (Å²) in [5, 5.41) is 3.62. The first-order chi connectivity index (χ1) is 18.8. The van der Waals surface area contributed by atoms with Crippen molar-refractivity contribution in [3.05, 3.63) is 174 Å². The van der Waals surface area contributed by atoms with E-state index in [-0.39, 0.29) is 6.04 Å². The maximum atomic E-state index is 6.48. The lowest BCUT2D eigenvalue weighted by molar-refractivity contribution is 0.517. The van der Waals surface area contributed by atoms with Crippen molar-refractivity contribution in [3.63, 3.8) is 0 Å². The molecule has 0 amide bonds. The molecule has 0 saturated carbocycles. The predicted octanol–water partition coefficient (Wildman–Crippen LogP) is 7.83. The van der Waals surface area contributed by atoms with Gasteiger partial charge in [-0.1, -0.05) is 152 Å². The molecule has 0 fully saturated rings. The van der Waals surface area contributed by atoms with Crippen LogP contribution in [-0.2, 0) is 5.54 Å². The normalized spacial score (nSPS) is 14.4. The summed E-state index contributed by atoms with van der Waals surface area (Å²) in [6, 6.07) is 51.8. The molecule has 4 heteroatoms. The van der Waals surface area contributed by atoms with E-state index >= 15 is 0 Å². The van der Waals surface area contributed by atoms with E-state index in [2.05, 4.69) is 119 Å². The number of nitrogens with one attached hydrogen (secondary N) is 1. The molecule has 0 bridgehead atoms. The third kappa shape index (κ3) is 4.29. The molecule has 1 aliphatic rings. The minimum atomic E-state index is -0.864. The van der Waals surface area contributed by atoms with Crippen LogP contribution in [0.5, 0.6) is 0 Å². The molecule has 5 aromatic carbocycles. The number of nitrogens with zero attached hydrogens (tertiary/aromatic N) is 2. The van der Waals surface area contributed by atoms with Crippen molar-refractivity contribution in [1.82, 2.24) is 4.90 Å². The van der Waals surface area contributed by atoms with E-state index in [4.69, 9.17) is 17.2 Å². The van der Waals surface area contributed by atoms with Crippen molar-refractivity contribution >= 4 is 28.9 Å². The lowest BCUT2D eigenvalue weighted by Crippen LogP contribution is -2.44. The number of benzene rings is 5. The Balaban J connectivity index is 1.60. The first kappa shape index (κ1) is 23.8. The first-order valence-corrected chi connectivity index (χ1v) is 13.1. The zero-order valence-electron chi connectivity index (χ0n) is 20.8. The highest BCUT2D eigenvalue weighted by atomic mass is 32.1. The molecule has 38 heavy (non-hydrogen) atoms. The zero-order chi connectivity index (χ0) is 25.8. The van der Waals surface area contributed by atoms with Gasteiger partial charge in [-0.3, -0.25) is 4.90 Å². The van der Waals surface area contributed by atoms with Crippen molar-refractivity contribution in [3.8, 4) is 0 Å². The van der Waals surface area contributed by atoms with Gasteiger partial charge >= 0.3 is 0 Å². The second-order valence-corrected chi connectivity index (χ2v) is 9.65. The van der Waals surface area contributed by atoms with Crippen molar-refractivity contribution in [2.24, 2.45) is 4.99 Å². The Morgan fingerprint density at radius 2 is 0.947 bits per heavy atom. The van der Waals surface area contributed by atoms with E-state index in [9.17, 15) is 0 Å². The Kier molecular flexibility index (Phi) is 6.55. The van der Waals surface area contributed by atoms with Crippen LogP contribution in [0.25, 0.3) is 0 Å². The van der Waals surface area contributed by atoms with Gasteiger partial charge in [0.25, 0.3) is 0 Å². The maximum Gasteiger partial charge on any atom is 0.206 e. The topological polar surface area (TPSA) is 27.6 Å². The second-order valence-electron chi connectivity index (χ2n) is 9.27. The molecule has 1 heterocycles. The molecule has 0 atom stereocenters. The maximum absolute atomic E-state index is 6.48. The largest absolute Gasteiger partial charge is 0.326 e. The van der Waals surface area contributed by atoms with Gasteiger partial charge in [-0.15, -0.1) is 0 Å². The van der Waals surface area contributed by atoms with Gasteiger partial charge in [0.1, 0.15) is 4.99 Å². The Hall–Kier alpha value is -4.54. The summed E-state index contributed by atoms with van der Waals surface area (Å²) in [4.78, 5) is 8.41. The van der Waals surface area contributed by atoms with Crippen LogP contribution in [0.1, 0.15) is 28.3 Å². The smallest absolute Gasteiger partial charge is 0.206 e. The summed E-state index contributed by atoms with van der Waals surface area (Å²) in [6.45, 7) is 0. The summed E-state index contributed by atoms with van der Waals surface area (Å²) in [7, 11) is 0. The number of hydrogen-bond donors (Lipinski definition) is 1. The van der Waals surface area contributed by atoms with Crippen LogP contribution in [0.15, 0.2) is 157 Å². The highest BCUT2D eigenvalue weighted by Crippen LogP contribution is 2.45. The van der Waals surface area contributed by atoms with Crippen LogP contribution in [0.4, 0.5) is 5.69 Å². The van der Waals surface area contributed by atoms with Gasteiger partial charge < -0.3 is 5.32 Å². The Morgan fingerprint density at radius 1 is 0.553 bits per heavy atom. The molecule has 0 unspecified atom stereocenters. The zero-order valence-corrected chi connectivity index (χ0v) is 21.6. The first-order valence-electron chi connectivity index (χ1n) is 12.7. The molecule has 0 saturated heterocycles. The molecular weight excluding hydrogens is 482 g/mol. The SMILES string of the molecule is S=C1N(C(c2ccccc2)c2ccccc2)C(Nc2ccccc2)=NC1(c1ccccc1)c1ccccc1. The monoisotopic (exact) mass is 509 g/mol. The fraction of sp³-hybridized carbons (Fsp3) is 0.0588. The number of para-hydroxylation sites is 1. The van der Waals surface area contributed by atoms with Gasteiger partial charge in [0.2, 0.25) is 5.96 Å². The van der Waals surface area contributed by atoms with Gasteiger partial charge in [0.05, 0.1) is 6.04 Å². The quantitative estimate of drug-likeness (QED) is 0.236. The minimum absolute atomic E-state index is 0.172. The van der Waals surface area contributed by atoms with E-state index < -0.39 is 5.54 Å². The number of hydrogen-bond acceptors (Lipinski definition) is 3. The minimum Gasteiger partial charge on any atom is -0.326 e. The molecule has 0 spiro atoms. The second kappa shape index (κ2) is 10.4. The lowest BCUT2D eigenvalue weighted by atomic mass is 9.83. The molecule has 0 radical (unpaired) electrons. The van der Waals surface area contributed by atoms with E-state index in [0.29, 0.717) is 5.96 Å². The highest BCUT2D eigenvalue weighted by molar-refractivity contribution is 7.80. The molecule has 1 N–H and O–H groups in total. The molecule has 184 valence electrons. The molecule has 5 aromatic rings. The predicted molar refractivity (Wildman–Crippen MR) is 160 cm³/mol. The van der Waals surface area contributed by atoms with Crippen LogP contribution < -0.4 is 5.32 Å². The van der Waals surface area contributed by atoms with E-state index in [0.717, 1.165) is 32.9 Å². The van der Waals surface area contributed by atoms with Crippen LogP contribution in [0.2, 0.25) is 0 Å². The summed E-state index contributed by atoms with van der Waals surface area (Å²) < 4.78 is 0. The van der Waals surface area contributed by atoms with E-state index in [1.807, 2.05) is 42.5 Å². The summed E-state index contributed by atoms with van der Waals surface area (Å²) >= 11 is 6.48. The number of rotatable bonds is 6. The molecule has 1 aliphatic heterocycles. The third-order valence-electron chi connectivity index (χ3n) is 6.93. The van der Waals surface area contributed by atoms with Crippen LogP contribution >= 0.6 is 12.2 Å². The third-order valence-corrected chi connectivity index (χ3v) is 7.42. The highest BCUT2D eigenvalue weighted by Gasteiger charge is 2.50. The average molecular weight is 510 g/mol.